The smallest absolute Gasteiger partial charge is 0.227 e. The zero-order valence-electron chi connectivity index (χ0n) is 9.59. The van der Waals surface area contributed by atoms with E-state index >= 15 is 0 Å². The Balaban J connectivity index is 2.02. The molecule has 1 aliphatic rings. The van der Waals surface area contributed by atoms with Crippen LogP contribution in [0.5, 0.6) is 0 Å². The molecule has 1 saturated heterocycles. The van der Waals surface area contributed by atoms with Crippen LogP contribution in [0.15, 0.2) is 22.7 Å². The molecule has 0 aromatic heterocycles. The van der Waals surface area contributed by atoms with E-state index in [-0.39, 0.29) is 5.91 Å². The highest BCUT2D eigenvalue weighted by atomic mass is 79.9. The molecule has 2 rings (SSSR count). The SMILES string of the molecule is O=C(Cc1ccc(Cl)cc1Br)N1CCCCC1. The number of hydrogen-bond donors (Lipinski definition) is 0. The quantitative estimate of drug-likeness (QED) is 0.815. The van der Waals surface area contributed by atoms with Crippen LogP contribution in [0.3, 0.4) is 0 Å². The summed E-state index contributed by atoms with van der Waals surface area (Å²) in [5.74, 6) is 0.215. The summed E-state index contributed by atoms with van der Waals surface area (Å²) in [6.45, 7) is 1.81. The normalized spacial score (nSPS) is 16.0. The lowest BCUT2D eigenvalue weighted by molar-refractivity contribution is -0.131. The van der Waals surface area contributed by atoms with E-state index in [0.717, 1.165) is 36.0 Å². The number of carbonyl (C=O) groups is 1. The first-order chi connectivity index (χ1) is 8.16. The van der Waals surface area contributed by atoms with Crippen LogP contribution >= 0.6 is 27.5 Å². The Morgan fingerprint density at radius 2 is 2.00 bits per heavy atom. The monoisotopic (exact) mass is 315 g/mol. The Bertz CT molecular complexity index is 416. The van der Waals surface area contributed by atoms with Gasteiger partial charge in [-0.2, -0.15) is 0 Å². The van der Waals surface area contributed by atoms with Crippen molar-refractivity contribution in [3.8, 4) is 0 Å². The lowest BCUT2D eigenvalue weighted by Gasteiger charge is -2.26. The molecule has 1 amide bonds. The van der Waals surface area contributed by atoms with E-state index in [1.54, 1.807) is 0 Å². The number of nitrogens with zero attached hydrogens (tertiary/aromatic N) is 1. The molecule has 92 valence electrons. The van der Waals surface area contributed by atoms with Crippen LogP contribution in [-0.4, -0.2) is 23.9 Å². The molecule has 2 nitrogen and oxygen atoms in total. The molecule has 0 N–H and O–H groups in total. The lowest BCUT2D eigenvalue weighted by atomic mass is 10.1. The van der Waals surface area contributed by atoms with Crippen LogP contribution in [0.1, 0.15) is 24.8 Å². The fourth-order valence-corrected chi connectivity index (χ4v) is 2.91. The highest BCUT2D eigenvalue weighted by Gasteiger charge is 2.17. The molecule has 0 aliphatic carbocycles. The van der Waals surface area contributed by atoms with Gasteiger partial charge >= 0.3 is 0 Å². The van der Waals surface area contributed by atoms with Gasteiger partial charge in [-0.05, 0) is 37.0 Å². The predicted octanol–water partition coefficient (Wildman–Crippen LogP) is 3.66. The van der Waals surface area contributed by atoms with E-state index in [1.807, 2.05) is 23.1 Å². The van der Waals surface area contributed by atoms with E-state index in [9.17, 15) is 4.79 Å². The zero-order chi connectivity index (χ0) is 12.3. The fraction of sp³-hybridized carbons (Fsp3) is 0.462. The van der Waals surface area contributed by atoms with Gasteiger partial charge in [0.05, 0.1) is 6.42 Å². The Morgan fingerprint density at radius 3 is 2.65 bits per heavy atom. The van der Waals surface area contributed by atoms with Crippen molar-refractivity contribution < 1.29 is 4.79 Å². The minimum absolute atomic E-state index is 0.215. The third-order valence-electron chi connectivity index (χ3n) is 3.07. The predicted molar refractivity (Wildman–Crippen MR) is 73.3 cm³/mol. The van der Waals surface area contributed by atoms with E-state index in [1.165, 1.54) is 6.42 Å². The standard InChI is InChI=1S/C13H15BrClNO/c14-12-9-11(15)5-4-10(12)8-13(17)16-6-2-1-3-7-16/h4-5,9H,1-3,6-8H2. The van der Waals surface area contributed by atoms with Gasteiger partial charge in [0.25, 0.3) is 0 Å². The molecule has 1 heterocycles. The second-order valence-electron chi connectivity index (χ2n) is 4.35. The molecule has 0 spiro atoms. The van der Waals surface area contributed by atoms with Gasteiger partial charge in [-0.15, -0.1) is 0 Å². The van der Waals surface area contributed by atoms with E-state index in [2.05, 4.69) is 15.9 Å². The van der Waals surface area contributed by atoms with E-state index in [4.69, 9.17) is 11.6 Å². The van der Waals surface area contributed by atoms with Gasteiger partial charge in [-0.3, -0.25) is 4.79 Å². The summed E-state index contributed by atoms with van der Waals surface area (Å²) < 4.78 is 0.912. The van der Waals surface area contributed by atoms with Crippen molar-refractivity contribution in [1.82, 2.24) is 4.90 Å². The van der Waals surface area contributed by atoms with E-state index < -0.39 is 0 Å². The number of likely N-dealkylation sites (tertiary alicyclic amines) is 1. The summed E-state index contributed by atoms with van der Waals surface area (Å²) in [5.41, 5.74) is 1.00. The summed E-state index contributed by atoms with van der Waals surface area (Å²) in [4.78, 5) is 14.0. The first-order valence-electron chi connectivity index (χ1n) is 5.88. The number of amides is 1. The maximum absolute atomic E-state index is 12.1. The van der Waals surface area contributed by atoms with Crippen LogP contribution < -0.4 is 0 Å². The van der Waals surface area contributed by atoms with E-state index in [0.29, 0.717) is 11.4 Å². The lowest BCUT2D eigenvalue weighted by Crippen LogP contribution is -2.36. The topological polar surface area (TPSA) is 20.3 Å². The summed E-state index contributed by atoms with van der Waals surface area (Å²) in [7, 11) is 0. The maximum Gasteiger partial charge on any atom is 0.227 e. The van der Waals surface area contributed by atoms with Crippen LogP contribution in [-0.2, 0) is 11.2 Å². The van der Waals surface area contributed by atoms with Gasteiger partial charge in [-0.1, -0.05) is 33.6 Å². The number of rotatable bonds is 2. The van der Waals surface area contributed by atoms with Crippen molar-refractivity contribution in [2.75, 3.05) is 13.1 Å². The van der Waals surface area contributed by atoms with Crippen molar-refractivity contribution in [3.63, 3.8) is 0 Å². The van der Waals surface area contributed by atoms with Gasteiger partial charge in [-0.25, -0.2) is 0 Å². The average Bonchev–Trinajstić information content (AvgIpc) is 2.34. The van der Waals surface area contributed by atoms with Crippen molar-refractivity contribution in [2.24, 2.45) is 0 Å². The minimum atomic E-state index is 0.215. The Hall–Kier alpha value is -0.540. The van der Waals surface area contributed by atoms with Crippen LogP contribution in [0.25, 0.3) is 0 Å². The first-order valence-corrected chi connectivity index (χ1v) is 7.05. The van der Waals surface area contributed by atoms with Gasteiger partial charge in [0, 0.05) is 22.6 Å². The summed E-state index contributed by atoms with van der Waals surface area (Å²) in [6.07, 6.45) is 3.97. The molecule has 1 aromatic rings. The number of piperidine rings is 1. The molecule has 1 aromatic carbocycles. The molecule has 17 heavy (non-hydrogen) atoms. The van der Waals surface area contributed by atoms with Gasteiger partial charge in [0.2, 0.25) is 5.91 Å². The van der Waals surface area contributed by atoms with Crippen molar-refractivity contribution in [2.45, 2.75) is 25.7 Å². The fourth-order valence-electron chi connectivity index (χ4n) is 2.08. The van der Waals surface area contributed by atoms with Crippen molar-refractivity contribution in [1.29, 1.82) is 0 Å². The molecular formula is C13H15BrClNO. The molecule has 4 heteroatoms. The zero-order valence-corrected chi connectivity index (χ0v) is 11.9. The highest BCUT2D eigenvalue weighted by molar-refractivity contribution is 9.10. The van der Waals surface area contributed by atoms with Crippen LogP contribution in [0, 0.1) is 0 Å². The van der Waals surface area contributed by atoms with Crippen LogP contribution in [0.4, 0.5) is 0 Å². The number of carbonyl (C=O) groups excluding carboxylic acids is 1. The average molecular weight is 317 g/mol. The first kappa shape index (κ1) is 12.9. The molecule has 1 fully saturated rings. The maximum atomic E-state index is 12.1. The number of hydrogen-bond acceptors (Lipinski definition) is 1. The molecule has 1 aliphatic heterocycles. The van der Waals surface area contributed by atoms with Gasteiger partial charge in [0.1, 0.15) is 0 Å². The molecular weight excluding hydrogens is 302 g/mol. The second-order valence-corrected chi connectivity index (χ2v) is 5.64. The third-order valence-corrected chi connectivity index (χ3v) is 4.04. The van der Waals surface area contributed by atoms with Crippen molar-refractivity contribution >= 4 is 33.4 Å². The molecule has 0 radical (unpaired) electrons. The largest absolute Gasteiger partial charge is 0.342 e. The van der Waals surface area contributed by atoms with Crippen molar-refractivity contribution in [3.05, 3.63) is 33.3 Å². The molecule has 0 bridgehead atoms. The molecule has 0 unspecified atom stereocenters. The Labute approximate surface area is 115 Å². The summed E-state index contributed by atoms with van der Waals surface area (Å²) in [5, 5.41) is 0.686. The minimum Gasteiger partial charge on any atom is -0.342 e. The van der Waals surface area contributed by atoms with Gasteiger partial charge in [0.15, 0.2) is 0 Å². The van der Waals surface area contributed by atoms with Crippen LogP contribution in [0.2, 0.25) is 5.02 Å². The molecule has 0 atom stereocenters. The number of halogens is 2. The van der Waals surface area contributed by atoms with Gasteiger partial charge < -0.3 is 4.90 Å². The highest BCUT2D eigenvalue weighted by Crippen LogP contribution is 2.22. The molecule has 0 saturated carbocycles. The second kappa shape index (κ2) is 5.87. The third kappa shape index (κ3) is 3.46. The number of benzene rings is 1. The summed E-state index contributed by atoms with van der Waals surface area (Å²) in [6, 6.07) is 5.57. The summed E-state index contributed by atoms with van der Waals surface area (Å²) >= 11 is 9.32. The Morgan fingerprint density at radius 1 is 1.29 bits per heavy atom. The Kier molecular flexibility index (Phi) is 4.46.